The van der Waals surface area contributed by atoms with Gasteiger partial charge in [-0.05, 0) is 142 Å². The van der Waals surface area contributed by atoms with Crippen LogP contribution in [0.25, 0.3) is 0 Å². The predicted octanol–water partition coefficient (Wildman–Crippen LogP) is 7.84. The van der Waals surface area contributed by atoms with Gasteiger partial charge in [0.05, 0.1) is 68.3 Å². The molecule has 0 bridgehead atoms. The number of aryl methyl sites for hydroxylation is 1. The Kier molecular flexibility index (Phi) is 18.9. The van der Waals surface area contributed by atoms with Crippen molar-refractivity contribution in [2.45, 2.75) is 63.1 Å². The maximum atomic E-state index is 14.5. The molecule has 5 aromatic carbocycles. The van der Waals surface area contributed by atoms with Crippen LogP contribution in [0.15, 0.2) is 121 Å². The monoisotopic (exact) mass is 976 g/mol. The minimum Gasteiger partial charge on any atom is -0.497 e. The van der Waals surface area contributed by atoms with Gasteiger partial charge in [-0.25, -0.2) is 24.0 Å². The highest BCUT2D eigenvalue weighted by Crippen LogP contribution is 2.30. The zero-order valence-electron chi connectivity index (χ0n) is 40.2. The summed E-state index contributed by atoms with van der Waals surface area (Å²) in [4.78, 5) is 85.0. The van der Waals surface area contributed by atoms with Crippen molar-refractivity contribution in [3.05, 3.63) is 155 Å². The van der Waals surface area contributed by atoms with E-state index in [9.17, 15) is 28.8 Å². The number of carbonyl (C=O) groups excluding carboxylic acids is 6. The molecule has 374 valence electrons. The number of hydrogen-bond donors (Lipinski definition) is 0. The Balaban J connectivity index is 1.50. The number of esters is 6. The summed E-state index contributed by atoms with van der Waals surface area (Å²) in [6, 6.07) is 29.9. The summed E-state index contributed by atoms with van der Waals surface area (Å²) in [7, 11) is 7.38. The van der Waals surface area contributed by atoms with E-state index in [4.69, 9.17) is 52.1 Å². The number of benzene rings is 5. The molecule has 0 aliphatic heterocycles. The highest BCUT2D eigenvalue weighted by Gasteiger charge is 2.47. The lowest BCUT2D eigenvalue weighted by Crippen LogP contribution is -2.55. The molecule has 0 spiro atoms. The third-order valence-electron chi connectivity index (χ3n) is 11.8. The van der Waals surface area contributed by atoms with Crippen LogP contribution in [0.2, 0.25) is 0 Å². The van der Waals surface area contributed by atoms with Gasteiger partial charge in [0.2, 0.25) is 0 Å². The van der Waals surface area contributed by atoms with Crippen molar-refractivity contribution >= 4 is 35.8 Å². The highest BCUT2D eigenvalue weighted by atomic mass is 16.6. The largest absolute Gasteiger partial charge is 0.497 e. The number of ether oxygens (including phenoxy) is 11. The molecule has 17 heteroatoms. The Hall–Kier alpha value is -7.92. The van der Waals surface area contributed by atoms with Crippen LogP contribution in [0, 0.1) is 12.8 Å². The summed E-state index contributed by atoms with van der Waals surface area (Å²) in [5.74, 6) is -4.56. The average molecular weight is 977 g/mol. The first-order chi connectivity index (χ1) is 34.3. The minimum absolute atomic E-state index is 0.00395. The molecule has 0 aromatic heterocycles. The molecule has 17 nitrogen and oxygen atoms in total. The van der Waals surface area contributed by atoms with E-state index in [1.165, 1.54) is 138 Å². The molecule has 0 heterocycles. The number of hydrogen-bond acceptors (Lipinski definition) is 17. The van der Waals surface area contributed by atoms with Crippen molar-refractivity contribution in [1.29, 1.82) is 0 Å². The van der Waals surface area contributed by atoms with E-state index in [1.54, 1.807) is 19.2 Å². The molecule has 1 fully saturated rings. The van der Waals surface area contributed by atoms with E-state index < -0.39 is 79.4 Å². The van der Waals surface area contributed by atoms with Gasteiger partial charge in [0, 0.05) is 7.11 Å². The summed E-state index contributed by atoms with van der Waals surface area (Å²) in [5.41, 5.74) is 0.993. The number of carbonyl (C=O) groups is 6. The predicted molar refractivity (Wildman–Crippen MR) is 254 cm³/mol. The molecule has 0 amide bonds. The molecule has 5 aromatic rings. The third-order valence-corrected chi connectivity index (χ3v) is 11.8. The van der Waals surface area contributed by atoms with Crippen molar-refractivity contribution in [2.24, 2.45) is 5.92 Å². The average Bonchev–Trinajstić information content (AvgIpc) is 3.41. The second kappa shape index (κ2) is 25.6. The van der Waals surface area contributed by atoms with Gasteiger partial charge in [-0.1, -0.05) is 17.7 Å². The van der Waals surface area contributed by atoms with Crippen molar-refractivity contribution in [2.75, 3.05) is 48.8 Å². The fourth-order valence-electron chi connectivity index (χ4n) is 7.55. The van der Waals surface area contributed by atoms with Gasteiger partial charge < -0.3 is 52.1 Å². The first-order valence-electron chi connectivity index (χ1n) is 22.7. The molecule has 1 aliphatic rings. The van der Waals surface area contributed by atoms with Crippen LogP contribution >= 0.6 is 0 Å². The Morgan fingerprint density at radius 2 is 0.718 bits per heavy atom. The van der Waals surface area contributed by atoms with Crippen molar-refractivity contribution in [3.63, 3.8) is 0 Å². The van der Waals surface area contributed by atoms with Crippen molar-refractivity contribution in [3.8, 4) is 23.0 Å². The van der Waals surface area contributed by atoms with Crippen LogP contribution < -0.4 is 18.9 Å². The fraction of sp³-hybridized carbons (Fsp3) is 0.333. The summed E-state index contributed by atoms with van der Waals surface area (Å²) in [6.07, 6.45) is -5.94. The second-order valence-electron chi connectivity index (χ2n) is 16.3. The highest BCUT2D eigenvalue weighted by molar-refractivity contribution is 5.92. The molecule has 1 aliphatic carbocycles. The molecule has 0 radical (unpaired) electrons. The van der Waals surface area contributed by atoms with Crippen LogP contribution in [0.4, 0.5) is 0 Å². The Morgan fingerprint density at radius 3 is 1.06 bits per heavy atom. The molecule has 0 N–H and O–H groups in total. The van der Waals surface area contributed by atoms with Crippen molar-refractivity contribution < 1.29 is 80.9 Å². The van der Waals surface area contributed by atoms with Gasteiger partial charge in [-0.15, -0.1) is 0 Å². The topological polar surface area (TPSA) is 204 Å². The molecule has 0 unspecified atom stereocenters. The summed E-state index contributed by atoms with van der Waals surface area (Å²) in [6.45, 7) is 0.212. The van der Waals surface area contributed by atoms with Gasteiger partial charge in [0.25, 0.3) is 0 Å². The van der Waals surface area contributed by atoms with E-state index >= 15 is 0 Å². The normalized spacial score (nSPS) is 15.8. The lowest BCUT2D eigenvalue weighted by Gasteiger charge is -2.36. The van der Waals surface area contributed by atoms with E-state index in [-0.39, 0.29) is 33.9 Å². The third kappa shape index (κ3) is 14.6. The molecule has 0 saturated heterocycles. The second-order valence-corrected chi connectivity index (χ2v) is 16.3. The summed E-state index contributed by atoms with van der Waals surface area (Å²) >= 11 is 0. The molecule has 71 heavy (non-hydrogen) atoms. The van der Waals surface area contributed by atoms with Gasteiger partial charge in [-0.2, -0.15) is 0 Å². The maximum absolute atomic E-state index is 14.5. The molecule has 1 saturated carbocycles. The molecular weight excluding hydrogens is 921 g/mol. The smallest absolute Gasteiger partial charge is 0.338 e. The van der Waals surface area contributed by atoms with E-state index in [2.05, 4.69) is 0 Å². The zero-order valence-corrected chi connectivity index (χ0v) is 40.2. The number of rotatable bonds is 22. The standard InChI is InChI=1S/C54H56O17/c1-33-7-9-34(10-8-33)49(55)66-31-45(68-51(57)36-13-23-41(62-3)24-14-36)47(70-53(59)38-17-27-43(64-5)28-18-38)48(71-54(60)39-19-29-44(65-6)30-20-39)46(69-52(58)37-15-25-42(63-4)26-16-37)32-67-50(56)35-11-21-40(61-2)22-12-35/h7-14,17-24,27-30,37,42,45-48H,15-16,25-26,31-32H2,1-6H3/t37?,42?,45-,46-,47-,48-/m1/s1. The number of methoxy groups -OCH3 is 5. The van der Waals surface area contributed by atoms with Gasteiger partial charge in [-0.3, -0.25) is 4.79 Å². The lowest BCUT2D eigenvalue weighted by atomic mass is 9.87. The first kappa shape index (κ1) is 52.5. The van der Waals surface area contributed by atoms with Gasteiger partial charge in [0.15, 0.2) is 24.4 Å². The maximum Gasteiger partial charge on any atom is 0.338 e. The van der Waals surface area contributed by atoms with Crippen molar-refractivity contribution in [1.82, 2.24) is 0 Å². The first-order valence-corrected chi connectivity index (χ1v) is 22.7. The van der Waals surface area contributed by atoms with E-state index in [0.29, 0.717) is 48.7 Å². The summed E-state index contributed by atoms with van der Waals surface area (Å²) in [5, 5.41) is 0. The van der Waals surface area contributed by atoms with Crippen LogP contribution in [-0.4, -0.2) is 115 Å². The van der Waals surface area contributed by atoms with E-state index in [1.807, 2.05) is 6.92 Å². The lowest BCUT2D eigenvalue weighted by molar-refractivity contribution is -0.178. The quantitative estimate of drug-likeness (QED) is 0.0479. The van der Waals surface area contributed by atoms with Gasteiger partial charge >= 0.3 is 35.8 Å². The molecule has 4 atom stereocenters. The van der Waals surface area contributed by atoms with Crippen LogP contribution in [0.3, 0.4) is 0 Å². The van der Waals surface area contributed by atoms with E-state index in [0.717, 1.165) is 5.56 Å². The molecular formula is C54H56O17. The fourth-order valence-corrected chi connectivity index (χ4v) is 7.55. The van der Waals surface area contributed by atoms with Crippen LogP contribution in [-0.2, 0) is 38.0 Å². The Labute approximate surface area is 411 Å². The Bertz CT molecular complexity index is 2550. The molecule has 6 rings (SSSR count). The Morgan fingerprint density at radius 1 is 0.408 bits per heavy atom. The van der Waals surface area contributed by atoms with Gasteiger partial charge in [0.1, 0.15) is 36.2 Å². The van der Waals surface area contributed by atoms with Crippen LogP contribution in [0.1, 0.15) is 83.0 Å². The zero-order chi connectivity index (χ0) is 50.9. The van der Waals surface area contributed by atoms with Crippen LogP contribution in [0.5, 0.6) is 23.0 Å². The summed E-state index contributed by atoms with van der Waals surface area (Å²) < 4.78 is 63.2. The minimum atomic E-state index is -2.00. The SMILES string of the molecule is COc1ccc(C(=O)OC[C@@H](OC(=O)C2CCC(OC)CC2)[C@@H](OC(=O)c2ccc(OC)cc2)[C@H](OC(=O)c2ccc(OC)cc2)[C@@H](COC(=O)c2ccc(C)cc2)OC(=O)c2ccc(OC)cc2)cc1.